The maximum atomic E-state index is 6.26. The third kappa shape index (κ3) is 2.96. The average Bonchev–Trinajstić information content (AvgIpc) is 2.76. The summed E-state index contributed by atoms with van der Waals surface area (Å²) in [7, 11) is 0. The third-order valence-electron chi connectivity index (χ3n) is 2.79. The summed E-state index contributed by atoms with van der Waals surface area (Å²) >= 11 is 0. The van der Waals surface area contributed by atoms with E-state index in [9.17, 15) is 0 Å². The van der Waals surface area contributed by atoms with Gasteiger partial charge in [0.2, 0.25) is 0 Å². The fraction of sp³-hybridized carbons (Fsp3) is 0.429. The molecule has 1 aromatic heterocycles. The molecule has 0 aliphatic heterocycles. The molecule has 0 saturated heterocycles. The Bertz CT molecular complexity index is 496. The van der Waals surface area contributed by atoms with E-state index in [1.54, 1.807) is 6.20 Å². The van der Waals surface area contributed by atoms with E-state index in [2.05, 4.69) is 31.1 Å². The van der Waals surface area contributed by atoms with Crippen molar-refractivity contribution >= 4 is 0 Å². The molecule has 2 rings (SSSR count). The van der Waals surface area contributed by atoms with Crippen molar-refractivity contribution < 1.29 is 0 Å². The highest BCUT2D eigenvalue weighted by atomic mass is 15.4. The first-order valence-corrected chi connectivity index (χ1v) is 6.19. The first kappa shape index (κ1) is 12.8. The first-order chi connectivity index (χ1) is 8.47. The van der Waals surface area contributed by atoms with Crippen LogP contribution in [0.1, 0.15) is 38.9 Å². The quantitative estimate of drug-likeness (QED) is 0.903. The lowest BCUT2D eigenvalue weighted by atomic mass is 9.87. The molecule has 18 heavy (non-hydrogen) atoms. The van der Waals surface area contributed by atoms with Gasteiger partial charge in [-0.2, -0.15) is 0 Å². The molecule has 0 aliphatic carbocycles. The van der Waals surface area contributed by atoms with Gasteiger partial charge in [-0.3, -0.25) is 0 Å². The molecule has 2 N–H and O–H groups in total. The second-order valence-corrected chi connectivity index (χ2v) is 5.78. The summed E-state index contributed by atoms with van der Waals surface area (Å²) in [5, 5.41) is 8.11. The maximum absolute atomic E-state index is 6.26. The zero-order valence-electron chi connectivity index (χ0n) is 11.2. The van der Waals surface area contributed by atoms with Crippen LogP contribution in [0.4, 0.5) is 0 Å². The number of benzene rings is 1. The lowest BCUT2D eigenvalue weighted by Crippen LogP contribution is -2.21. The third-order valence-corrected chi connectivity index (χ3v) is 2.79. The molecule has 4 nitrogen and oxygen atoms in total. The molecule has 0 saturated carbocycles. The standard InChI is InChI=1S/C14H20N4/c1-14(2,3)9-12(15)13-10-16-17-18(13)11-7-5-4-6-8-11/h4-8,10,12H,9,15H2,1-3H3. The number of aromatic nitrogens is 3. The summed E-state index contributed by atoms with van der Waals surface area (Å²) in [5.74, 6) is 0. The van der Waals surface area contributed by atoms with Crippen LogP contribution in [0.25, 0.3) is 5.69 Å². The Morgan fingerprint density at radius 3 is 2.50 bits per heavy atom. The van der Waals surface area contributed by atoms with Crippen LogP contribution in [0.5, 0.6) is 0 Å². The maximum Gasteiger partial charge on any atom is 0.0813 e. The highest BCUT2D eigenvalue weighted by Gasteiger charge is 2.20. The summed E-state index contributed by atoms with van der Waals surface area (Å²) in [4.78, 5) is 0. The lowest BCUT2D eigenvalue weighted by molar-refractivity contribution is 0.337. The number of nitrogens with zero attached hydrogens (tertiary/aromatic N) is 3. The van der Waals surface area contributed by atoms with Gasteiger partial charge in [-0.15, -0.1) is 5.10 Å². The Kier molecular flexibility index (Phi) is 3.48. The van der Waals surface area contributed by atoms with Crippen LogP contribution in [-0.2, 0) is 0 Å². The fourth-order valence-corrected chi connectivity index (χ4v) is 2.03. The number of nitrogens with two attached hydrogens (primary N) is 1. The minimum absolute atomic E-state index is 0.0554. The van der Waals surface area contributed by atoms with Gasteiger partial charge in [0, 0.05) is 6.04 Å². The van der Waals surface area contributed by atoms with E-state index in [1.807, 2.05) is 35.0 Å². The van der Waals surface area contributed by atoms with E-state index in [0.29, 0.717) is 0 Å². The normalized spacial score (nSPS) is 13.6. The van der Waals surface area contributed by atoms with Crippen molar-refractivity contribution in [1.29, 1.82) is 0 Å². The number of para-hydroxylation sites is 1. The van der Waals surface area contributed by atoms with Crippen LogP contribution >= 0.6 is 0 Å². The molecule has 1 atom stereocenters. The van der Waals surface area contributed by atoms with Crippen molar-refractivity contribution in [2.75, 3.05) is 0 Å². The molecule has 0 bridgehead atoms. The van der Waals surface area contributed by atoms with E-state index in [-0.39, 0.29) is 11.5 Å². The molecule has 0 spiro atoms. The second kappa shape index (κ2) is 4.90. The summed E-state index contributed by atoms with van der Waals surface area (Å²) in [5.41, 5.74) is 8.40. The van der Waals surface area contributed by atoms with Gasteiger partial charge in [0.15, 0.2) is 0 Å². The van der Waals surface area contributed by atoms with Crippen molar-refractivity contribution in [3.8, 4) is 5.69 Å². The van der Waals surface area contributed by atoms with E-state index < -0.39 is 0 Å². The molecule has 1 heterocycles. The van der Waals surface area contributed by atoms with Crippen LogP contribution in [-0.4, -0.2) is 15.0 Å². The highest BCUT2D eigenvalue weighted by Crippen LogP contribution is 2.28. The average molecular weight is 244 g/mol. The number of hydrogen-bond donors (Lipinski definition) is 1. The van der Waals surface area contributed by atoms with Crippen molar-refractivity contribution in [3.05, 3.63) is 42.2 Å². The van der Waals surface area contributed by atoms with Gasteiger partial charge in [-0.1, -0.05) is 44.2 Å². The van der Waals surface area contributed by atoms with Gasteiger partial charge in [0.25, 0.3) is 0 Å². The van der Waals surface area contributed by atoms with Gasteiger partial charge in [0.1, 0.15) is 0 Å². The molecular formula is C14H20N4. The number of hydrogen-bond acceptors (Lipinski definition) is 3. The lowest BCUT2D eigenvalue weighted by Gasteiger charge is -2.23. The minimum atomic E-state index is -0.0554. The molecule has 2 aromatic rings. The van der Waals surface area contributed by atoms with E-state index >= 15 is 0 Å². The van der Waals surface area contributed by atoms with E-state index in [1.165, 1.54) is 0 Å². The Balaban J connectivity index is 2.28. The molecule has 0 amide bonds. The van der Waals surface area contributed by atoms with Crippen molar-refractivity contribution in [3.63, 3.8) is 0 Å². The monoisotopic (exact) mass is 244 g/mol. The van der Waals surface area contributed by atoms with E-state index in [4.69, 9.17) is 5.73 Å². The van der Waals surface area contributed by atoms with Crippen LogP contribution in [0, 0.1) is 5.41 Å². The largest absolute Gasteiger partial charge is 0.323 e. The topological polar surface area (TPSA) is 56.7 Å². The predicted molar refractivity (Wildman–Crippen MR) is 72.4 cm³/mol. The Morgan fingerprint density at radius 2 is 1.89 bits per heavy atom. The smallest absolute Gasteiger partial charge is 0.0813 e. The van der Waals surface area contributed by atoms with Gasteiger partial charge in [-0.25, -0.2) is 4.68 Å². The molecular weight excluding hydrogens is 224 g/mol. The van der Waals surface area contributed by atoms with E-state index in [0.717, 1.165) is 17.8 Å². The Hall–Kier alpha value is -1.68. The van der Waals surface area contributed by atoms with Crippen molar-refractivity contribution in [2.24, 2.45) is 11.1 Å². The van der Waals surface area contributed by atoms with Crippen LogP contribution in [0.3, 0.4) is 0 Å². The summed E-state index contributed by atoms with van der Waals surface area (Å²) in [6.07, 6.45) is 2.65. The number of rotatable bonds is 3. The van der Waals surface area contributed by atoms with Gasteiger partial charge in [-0.05, 0) is 24.0 Å². The molecule has 1 unspecified atom stereocenters. The zero-order valence-corrected chi connectivity index (χ0v) is 11.2. The van der Waals surface area contributed by atoms with Gasteiger partial charge in [0.05, 0.1) is 17.6 Å². The highest BCUT2D eigenvalue weighted by molar-refractivity contribution is 5.32. The van der Waals surface area contributed by atoms with Gasteiger partial charge >= 0.3 is 0 Å². The Morgan fingerprint density at radius 1 is 1.22 bits per heavy atom. The van der Waals surface area contributed by atoms with Crippen molar-refractivity contribution in [2.45, 2.75) is 33.2 Å². The van der Waals surface area contributed by atoms with Gasteiger partial charge < -0.3 is 5.73 Å². The predicted octanol–water partition coefficient (Wildman–Crippen LogP) is 2.70. The molecule has 1 aromatic carbocycles. The molecule has 0 aliphatic rings. The SMILES string of the molecule is CC(C)(C)CC(N)c1cnnn1-c1ccccc1. The van der Waals surface area contributed by atoms with Crippen LogP contribution in [0.15, 0.2) is 36.5 Å². The van der Waals surface area contributed by atoms with Crippen LogP contribution < -0.4 is 5.73 Å². The summed E-state index contributed by atoms with van der Waals surface area (Å²) in [6, 6.07) is 9.89. The molecule has 4 heteroatoms. The van der Waals surface area contributed by atoms with Crippen molar-refractivity contribution in [1.82, 2.24) is 15.0 Å². The molecule has 96 valence electrons. The molecule has 0 radical (unpaired) electrons. The first-order valence-electron chi connectivity index (χ1n) is 6.19. The van der Waals surface area contributed by atoms with Crippen LogP contribution in [0.2, 0.25) is 0 Å². The summed E-state index contributed by atoms with van der Waals surface area (Å²) < 4.78 is 1.82. The molecule has 0 fully saturated rings. The summed E-state index contributed by atoms with van der Waals surface area (Å²) in [6.45, 7) is 6.55. The minimum Gasteiger partial charge on any atom is -0.323 e. The second-order valence-electron chi connectivity index (χ2n) is 5.78. The fourth-order valence-electron chi connectivity index (χ4n) is 2.03. The zero-order chi connectivity index (χ0) is 13.2. The Labute approximate surface area is 108 Å².